The van der Waals surface area contributed by atoms with Gasteiger partial charge in [0.05, 0.1) is 0 Å². The number of esters is 1. The molecule has 1 aromatic heterocycles. The molecule has 0 aromatic carbocycles. The van der Waals surface area contributed by atoms with Crippen molar-refractivity contribution in [1.29, 1.82) is 0 Å². The van der Waals surface area contributed by atoms with Gasteiger partial charge >= 0.3 is 11.9 Å². The van der Waals surface area contributed by atoms with E-state index in [0.717, 1.165) is 0 Å². The Morgan fingerprint density at radius 3 is 2.53 bits per heavy atom. The second kappa shape index (κ2) is 5.09. The minimum absolute atomic E-state index is 0.148. The number of pyridine rings is 1. The van der Waals surface area contributed by atoms with E-state index >= 15 is 0 Å². The van der Waals surface area contributed by atoms with Gasteiger partial charge in [0, 0.05) is 24.4 Å². The average Bonchev–Trinajstić information content (AvgIpc) is 2.26. The third kappa shape index (κ3) is 3.05. The first-order chi connectivity index (χ1) is 7.15. The van der Waals surface area contributed by atoms with E-state index in [1.165, 1.54) is 24.5 Å². The maximum Gasteiger partial charge on any atom is 0.349 e. The zero-order chi connectivity index (χ0) is 11.3. The van der Waals surface area contributed by atoms with Gasteiger partial charge in [0.2, 0.25) is 6.10 Å². The summed E-state index contributed by atoms with van der Waals surface area (Å²) in [5.74, 6) is -1.73. The summed E-state index contributed by atoms with van der Waals surface area (Å²) in [6, 6.07) is 3.00. The lowest BCUT2D eigenvalue weighted by Gasteiger charge is -2.12. The van der Waals surface area contributed by atoms with Crippen molar-refractivity contribution in [2.45, 2.75) is 19.4 Å². The minimum Gasteiger partial charge on any atom is -0.478 e. The molecule has 0 aliphatic heterocycles. The molecule has 0 saturated heterocycles. The van der Waals surface area contributed by atoms with Gasteiger partial charge in [-0.15, -0.1) is 0 Å². The third-order valence-corrected chi connectivity index (χ3v) is 1.77. The summed E-state index contributed by atoms with van der Waals surface area (Å²) in [7, 11) is 0. The molecule has 5 nitrogen and oxygen atoms in total. The van der Waals surface area contributed by atoms with Gasteiger partial charge in [0.15, 0.2) is 0 Å². The molecule has 0 fully saturated rings. The second-order valence-electron chi connectivity index (χ2n) is 2.84. The van der Waals surface area contributed by atoms with Crippen molar-refractivity contribution < 1.29 is 19.4 Å². The van der Waals surface area contributed by atoms with E-state index < -0.39 is 18.0 Å². The SMILES string of the molecule is CCC(=O)OC(C(=O)O)c1ccncc1. The Morgan fingerprint density at radius 2 is 2.07 bits per heavy atom. The topological polar surface area (TPSA) is 76.5 Å². The maximum atomic E-state index is 11.0. The first-order valence-electron chi connectivity index (χ1n) is 4.47. The molecular formula is C10H11NO4. The van der Waals surface area contributed by atoms with Crippen molar-refractivity contribution in [2.24, 2.45) is 0 Å². The number of nitrogens with zero attached hydrogens (tertiary/aromatic N) is 1. The van der Waals surface area contributed by atoms with Crippen LogP contribution >= 0.6 is 0 Å². The molecule has 80 valence electrons. The number of carboxylic acid groups (broad SMARTS) is 1. The molecule has 1 atom stereocenters. The van der Waals surface area contributed by atoms with Gasteiger partial charge in [0.1, 0.15) is 0 Å². The van der Waals surface area contributed by atoms with E-state index in [4.69, 9.17) is 9.84 Å². The van der Waals surface area contributed by atoms with Gasteiger partial charge in [-0.2, -0.15) is 0 Å². The number of hydrogen-bond donors (Lipinski definition) is 1. The molecule has 0 amide bonds. The Labute approximate surface area is 86.7 Å². The number of rotatable bonds is 4. The van der Waals surface area contributed by atoms with Crippen molar-refractivity contribution in [1.82, 2.24) is 4.98 Å². The van der Waals surface area contributed by atoms with Gasteiger partial charge in [-0.3, -0.25) is 9.78 Å². The average molecular weight is 209 g/mol. The fourth-order valence-electron chi connectivity index (χ4n) is 1.01. The predicted molar refractivity (Wildman–Crippen MR) is 51.0 cm³/mol. The molecule has 0 spiro atoms. The molecule has 1 unspecified atom stereocenters. The van der Waals surface area contributed by atoms with Crippen LogP contribution in [0, 0.1) is 0 Å². The summed E-state index contributed by atoms with van der Waals surface area (Å²) in [6.45, 7) is 1.60. The van der Waals surface area contributed by atoms with Crippen LogP contribution in [0.3, 0.4) is 0 Å². The number of aromatic nitrogens is 1. The highest BCUT2D eigenvalue weighted by Crippen LogP contribution is 2.17. The van der Waals surface area contributed by atoms with Crippen LogP contribution in [0.1, 0.15) is 25.0 Å². The van der Waals surface area contributed by atoms with E-state index in [-0.39, 0.29) is 6.42 Å². The molecule has 0 saturated carbocycles. The summed E-state index contributed by atoms with van der Waals surface area (Å²) >= 11 is 0. The second-order valence-corrected chi connectivity index (χ2v) is 2.84. The van der Waals surface area contributed by atoms with Crippen molar-refractivity contribution in [2.75, 3.05) is 0 Å². The maximum absolute atomic E-state index is 11.0. The lowest BCUT2D eigenvalue weighted by atomic mass is 10.1. The monoisotopic (exact) mass is 209 g/mol. The van der Waals surface area contributed by atoms with Crippen LogP contribution in [0.15, 0.2) is 24.5 Å². The quantitative estimate of drug-likeness (QED) is 0.753. The van der Waals surface area contributed by atoms with E-state index in [1.807, 2.05) is 0 Å². The summed E-state index contributed by atoms with van der Waals surface area (Å²) < 4.78 is 4.78. The summed E-state index contributed by atoms with van der Waals surface area (Å²) in [5, 5.41) is 8.87. The molecule has 1 heterocycles. The Hall–Kier alpha value is -1.91. The van der Waals surface area contributed by atoms with Crippen molar-refractivity contribution in [3.8, 4) is 0 Å². The molecule has 1 rings (SSSR count). The predicted octanol–water partition coefficient (Wildman–Crippen LogP) is 1.16. The summed E-state index contributed by atoms with van der Waals surface area (Å²) in [5.41, 5.74) is 0.402. The van der Waals surface area contributed by atoms with Gasteiger partial charge < -0.3 is 9.84 Å². The summed E-state index contributed by atoms with van der Waals surface area (Å²) in [6.07, 6.45) is 1.80. The van der Waals surface area contributed by atoms with E-state index in [0.29, 0.717) is 5.56 Å². The Morgan fingerprint density at radius 1 is 1.47 bits per heavy atom. The lowest BCUT2D eigenvalue weighted by molar-refractivity contribution is -0.164. The van der Waals surface area contributed by atoms with Crippen LogP contribution in [0.25, 0.3) is 0 Å². The van der Waals surface area contributed by atoms with Gasteiger partial charge in [0.25, 0.3) is 0 Å². The first kappa shape index (κ1) is 11.2. The molecule has 0 aliphatic carbocycles. The molecule has 0 bridgehead atoms. The van der Waals surface area contributed by atoms with E-state index in [1.54, 1.807) is 6.92 Å². The molecule has 0 aliphatic rings. The van der Waals surface area contributed by atoms with Crippen LogP contribution in [0.5, 0.6) is 0 Å². The fourth-order valence-corrected chi connectivity index (χ4v) is 1.01. The molecule has 0 radical (unpaired) electrons. The van der Waals surface area contributed by atoms with Crippen molar-refractivity contribution >= 4 is 11.9 Å². The molecule has 1 N–H and O–H groups in total. The van der Waals surface area contributed by atoms with Gasteiger partial charge in [-0.1, -0.05) is 6.92 Å². The first-order valence-corrected chi connectivity index (χ1v) is 4.47. The van der Waals surface area contributed by atoms with Crippen LogP contribution in [-0.2, 0) is 14.3 Å². The number of carboxylic acids is 1. The largest absolute Gasteiger partial charge is 0.478 e. The molecule has 1 aromatic rings. The number of hydrogen-bond acceptors (Lipinski definition) is 4. The Bertz CT molecular complexity index is 350. The number of carbonyl (C=O) groups excluding carboxylic acids is 1. The highest BCUT2D eigenvalue weighted by atomic mass is 16.6. The minimum atomic E-state index is -1.25. The van der Waals surface area contributed by atoms with E-state index in [2.05, 4.69) is 4.98 Å². The zero-order valence-corrected chi connectivity index (χ0v) is 8.21. The van der Waals surface area contributed by atoms with Crippen LogP contribution in [-0.4, -0.2) is 22.0 Å². The normalized spacial score (nSPS) is 11.8. The van der Waals surface area contributed by atoms with Crippen molar-refractivity contribution in [3.05, 3.63) is 30.1 Å². The van der Waals surface area contributed by atoms with E-state index in [9.17, 15) is 9.59 Å². The summed E-state index contributed by atoms with van der Waals surface area (Å²) in [4.78, 5) is 25.6. The highest BCUT2D eigenvalue weighted by molar-refractivity contribution is 5.79. The number of ether oxygens (including phenoxy) is 1. The zero-order valence-electron chi connectivity index (χ0n) is 8.21. The Balaban J connectivity index is 2.84. The highest BCUT2D eigenvalue weighted by Gasteiger charge is 2.23. The van der Waals surface area contributed by atoms with Crippen LogP contribution in [0.2, 0.25) is 0 Å². The van der Waals surface area contributed by atoms with Crippen LogP contribution in [0.4, 0.5) is 0 Å². The number of carbonyl (C=O) groups is 2. The lowest BCUT2D eigenvalue weighted by Crippen LogP contribution is -2.18. The van der Waals surface area contributed by atoms with Crippen LogP contribution < -0.4 is 0 Å². The molecular weight excluding hydrogens is 198 g/mol. The van der Waals surface area contributed by atoms with Crippen molar-refractivity contribution in [3.63, 3.8) is 0 Å². The fraction of sp³-hybridized carbons (Fsp3) is 0.300. The Kier molecular flexibility index (Phi) is 3.79. The van der Waals surface area contributed by atoms with Gasteiger partial charge in [-0.05, 0) is 12.1 Å². The van der Waals surface area contributed by atoms with Gasteiger partial charge in [-0.25, -0.2) is 4.79 Å². The third-order valence-electron chi connectivity index (χ3n) is 1.77. The smallest absolute Gasteiger partial charge is 0.349 e. The standard InChI is InChI=1S/C10H11NO4/c1-2-8(12)15-9(10(13)14)7-3-5-11-6-4-7/h3-6,9H,2H2,1H3,(H,13,14). The molecule has 15 heavy (non-hydrogen) atoms. The number of aliphatic carboxylic acids is 1. The molecule has 5 heteroatoms.